The molecule has 7 heteroatoms. The Hall–Kier alpha value is -3.55. The van der Waals surface area contributed by atoms with Crippen molar-refractivity contribution >= 4 is 44.6 Å². The van der Waals surface area contributed by atoms with E-state index in [9.17, 15) is 10.1 Å². The van der Waals surface area contributed by atoms with E-state index in [-0.39, 0.29) is 0 Å². The molecule has 0 radical (unpaired) electrons. The SMILES string of the molecule is COC(=O)n1cc(/C(C#N)=C/c2cc(C#N)ccc2OC)c2cc(Br)ccc21. The molecule has 0 spiro atoms. The summed E-state index contributed by atoms with van der Waals surface area (Å²) in [7, 11) is 2.82. The van der Waals surface area contributed by atoms with E-state index in [1.807, 2.05) is 6.07 Å². The fraction of sp³-hybridized carbons (Fsp3) is 0.0952. The first-order chi connectivity index (χ1) is 13.5. The van der Waals surface area contributed by atoms with Crippen LogP contribution in [0.3, 0.4) is 0 Å². The Balaban J connectivity index is 2.27. The van der Waals surface area contributed by atoms with Gasteiger partial charge in [0.15, 0.2) is 0 Å². The van der Waals surface area contributed by atoms with Crippen LogP contribution in [0, 0.1) is 22.7 Å². The van der Waals surface area contributed by atoms with Crippen molar-refractivity contribution in [1.29, 1.82) is 10.5 Å². The zero-order valence-corrected chi connectivity index (χ0v) is 16.6. The predicted octanol–water partition coefficient (Wildman–Crippen LogP) is 4.96. The molecular weight excluding hydrogens is 422 g/mol. The molecule has 0 aliphatic carbocycles. The lowest BCUT2D eigenvalue weighted by atomic mass is 10.0. The molecule has 2 aromatic carbocycles. The second kappa shape index (κ2) is 7.99. The van der Waals surface area contributed by atoms with Gasteiger partial charge in [0.2, 0.25) is 0 Å². The smallest absolute Gasteiger partial charge is 0.418 e. The quantitative estimate of drug-likeness (QED) is 0.542. The highest BCUT2D eigenvalue weighted by Crippen LogP contribution is 2.32. The highest BCUT2D eigenvalue weighted by atomic mass is 79.9. The number of methoxy groups -OCH3 is 2. The number of hydrogen-bond donors (Lipinski definition) is 0. The molecule has 1 aromatic heterocycles. The summed E-state index contributed by atoms with van der Waals surface area (Å²) in [4.78, 5) is 12.1. The van der Waals surface area contributed by atoms with Crippen LogP contribution in [0.25, 0.3) is 22.6 Å². The summed E-state index contributed by atoms with van der Waals surface area (Å²) in [6.07, 6.45) is 2.65. The molecule has 138 valence electrons. The van der Waals surface area contributed by atoms with Gasteiger partial charge >= 0.3 is 6.09 Å². The fourth-order valence-corrected chi connectivity index (χ4v) is 3.27. The van der Waals surface area contributed by atoms with Gasteiger partial charge in [-0.3, -0.25) is 4.57 Å². The van der Waals surface area contributed by atoms with E-state index < -0.39 is 6.09 Å². The van der Waals surface area contributed by atoms with Crippen molar-refractivity contribution in [3.63, 3.8) is 0 Å². The first-order valence-corrected chi connectivity index (χ1v) is 8.91. The van der Waals surface area contributed by atoms with Gasteiger partial charge in [0.1, 0.15) is 5.75 Å². The maximum atomic E-state index is 12.1. The highest BCUT2D eigenvalue weighted by molar-refractivity contribution is 9.10. The van der Waals surface area contributed by atoms with Crippen molar-refractivity contribution < 1.29 is 14.3 Å². The largest absolute Gasteiger partial charge is 0.496 e. The third-order valence-electron chi connectivity index (χ3n) is 4.21. The Labute approximate surface area is 169 Å². The number of rotatable bonds is 3. The van der Waals surface area contributed by atoms with Gasteiger partial charge in [-0.15, -0.1) is 0 Å². The van der Waals surface area contributed by atoms with E-state index in [1.165, 1.54) is 18.8 Å². The monoisotopic (exact) mass is 435 g/mol. The molecular formula is C21H14BrN3O3. The predicted molar refractivity (Wildman–Crippen MR) is 109 cm³/mol. The van der Waals surface area contributed by atoms with Crippen molar-refractivity contribution in [3.8, 4) is 17.9 Å². The third-order valence-corrected chi connectivity index (χ3v) is 4.70. The zero-order chi connectivity index (χ0) is 20.3. The van der Waals surface area contributed by atoms with Gasteiger partial charge in [-0.05, 0) is 42.5 Å². The highest BCUT2D eigenvalue weighted by Gasteiger charge is 2.17. The van der Waals surface area contributed by atoms with Crippen molar-refractivity contribution in [3.05, 3.63) is 63.8 Å². The third kappa shape index (κ3) is 3.48. The molecule has 0 aliphatic heterocycles. The fourth-order valence-electron chi connectivity index (χ4n) is 2.91. The first kappa shape index (κ1) is 19.2. The Morgan fingerprint density at radius 3 is 2.61 bits per heavy atom. The van der Waals surface area contributed by atoms with Crippen LogP contribution < -0.4 is 4.74 Å². The number of nitrogens with zero attached hydrogens (tertiary/aromatic N) is 3. The molecule has 28 heavy (non-hydrogen) atoms. The van der Waals surface area contributed by atoms with Crippen LogP contribution in [0.1, 0.15) is 16.7 Å². The van der Waals surface area contributed by atoms with E-state index in [2.05, 4.69) is 28.1 Å². The summed E-state index contributed by atoms with van der Waals surface area (Å²) < 4.78 is 12.3. The molecule has 0 atom stereocenters. The van der Waals surface area contributed by atoms with Crippen LogP contribution in [-0.4, -0.2) is 24.9 Å². The number of carbonyl (C=O) groups is 1. The first-order valence-electron chi connectivity index (χ1n) is 8.11. The number of fused-ring (bicyclic) bond motifs is 1. The number of aromatic nitrogens is 1. The number of nitriles is 2. The minimum atomic E-state index is -0.556. The Morgan fingerprint density at radius 1 is 1.18 bits per heavy atom. The number of allylic oxidation sites excluding steroid dienone is 1. The summed E-state index contributed by atoms with van der Waals surface area (Å²) in [5, 5.41) is 19.7. The average Bonchev–Trinajstić information content (AvgIpc) is 3.09. The van der Waals surface area contributed by atoms with Crippen molar-refractivity contribution in [2.45, 2.75) is 0 Å². The summed E-state index contributed by atoms with van der Waals surface area (Å²) >= 11 is 3.43. The van der Waals surface area contributed by atoms with Gasteiger partial charge in [-0.1, -0.05) is 15.9 Å². The van der Waals surface area contributed by atoms with Gasteiger partial charge in [-0.2, -0.15) is 10.5 Å². The standard InChI is InChI=1S/C21H14BrN3O3/c1-27-20-6-3-13(10-23)7-14(20)8-15(11-24)18-12-25(21(26)28-2)19-5-4-16(22)9-17(18)19/h3-9,12H,1-2H3/b15-8+. The minimum Gasteiger partial charge on any atom is -0.496 e. The molecule has 0 saturated heterocycles. The van der Waals surface area contributed by atoms with E-state index in [1.54, 1.807) is 42.6 Å². The van der Waals surface area contributed by atoms with E-state index in [0.29, 0.717) is 38.9 Å². The Bertz CT molecular complexity index is 1200. The van der Waals surface area contributed by atoms with Gasteiger partial charge in [0, 0.05) is 27.2 Å². The Morgan fingerprint density at radius 2 is 1.96 bits per heavy atom. The number of halogens is 1. The lowest BCUT2D eigenvalue weighted by Gasteiger charge is -2.06. The number of hydrogen-bond acceptors (Lipinski definition) is 5. The second-order valence-electron chi connectivity index (χ2n) is 5.78. The molecule has 0 N–H and O–H groups in total. The maximum Gasteiger partial charge on any atom is 0.418 e. The maximum absolute atomic E-state index is 12.1. The van der Waals surface area contributed by atoms with Crippen LogP contribution in [0.2, 0.25) is 0 Å². The van der Waals surface area contributed by atoms with Crippen molar-refractivity contribution in [2.75, 3.05) is 14.2 Å². The van der Waals surface area contributed by atoms with Crippen LogP contribution in [0.15, 0.2) is 47.1 Å². The van der Waals surface area contributed by atoms with Crippen molar-refractivity contribution in [1.82, 2.24) is 4.57 Å². The molecule has 1 heterocycles. The van der Waals surface area contributed by atoms with Gasteiger partial charge in [-0.25, -0.2) is 4.79 Å². The zero-order valence-electron chi connectivity index (χ0n) is 15.1. The number of benzene rings is 2. The summed E-state index contributed by atoms with van der Waals surface area (Å²) in [6.45, 7) is 0. The summed E-state index contributed by atoms with van der Waals surface area (Å²) in [5.74, 6) is 0.532. The number of carbonyl (C=O) groups excluding carboxylic acids is 1. The molecule has 0 unspecified atom stereocenters. The molecule has 0 aliphatic rings. The van der Waals surface area contributed by atoms with Crippen LogP contribution in [0.5, 0.6) is 5.75 Å². The lowest BCUT2D eigenvalue weighted by Crippen LogP contribution is -2.09. The van der Waals surface area contributed by atoms with Crippen molar-refractivity contribution in [2.24, 2.45) is 0 Å². The van der Waals surface area contributed by atoms with E-state index >= 15 is 0 Å². The van der Waals surface area contributed by atoms with Gasteiger partial charge in [0.25, 0.3) is 0 Å². The molecule has 0 fully saturated rings. The van der Waals surface area contributed by atoms with Crippen LogP contribution in [-0.2, 0) is 4.74 Å². The Kier molecular flexibility index (Phi) is 5.49. The molecule has 3 rings (SSSR count). The molecule has 3 aromatic rings. The minimum absolute atomic E-state index is 0.319. The van der Waals surface area contributed by atoms with E-state index in [4.69, 9.17) is 14.7 Å². The second-order valence-corrected chi connectivity index (χ2v) is 6.70. The normalized spacial score (nSPS) is 11.0. The van der Waals surface area contributed by atoms with Gasteiger partial charge in [0.05, 0.1) is 43.0 Å². The van der Waals surface area contributed by atoms with E-state index in [0.717, 1.165) is 4.47 Å². The average molecular weight is 436 g/mol. The van der Waals surface area contributed by atoms with Gasteiger partial charge < -0.3 is 9.47 Å². The molecule has 6 nitrogen and oxygen atoms in total. The van der Waals surface area contributed by atoms with Crippen LogP contribution >= 0.6 is 15.9 Å². The summed E-state index contributed by atoms with van der Waals surface area (Å²) in [5.41, 5.74) is 2.54. The molecule has 0 saturated carbocycles. The summed E-state index contributed by atoms with van der Waals surface area (Å²) in [6, 6.07) is 14.6. The lowest BCUT2D eigenvalue weighted by molar-refractivity contribution is 0.174. The van der Waals surface area contributed by atoms with Crippen LogP contribution in [0.4, 0.5) is 4.79 Å². The topological polar surface area (TPSA) is 88.0 Å². The molecule has 0 bridgehead atoms. The number of ether oxygens (including phenoxy) is 2. The molecule has 0 amide bonds.